The summed E-state index contributed by atoms with van der Waals surface area (Å²) in [5.74, 6) is 0.791. The first kappa shape index (κ1) is 17.9. The third-order valence-electron chi connectivity index (χ3n) is 3.53. The number of nitriles is 1. The molecular formula is C18H12Cl2N2O4. The molecule has 3 rings (SSSR count). The molecular weight excluding hydrogens is 379 g/mol. The summed E-state index contributed by atoms with van der Waals surface area (Å²) >= 11 is 11.9. The van der Waals surface area contributed by atoms with E-state index in [1.807, 2.05) is 6.07 Å². The molecule has 0 radical (unpaired) electrons. The van der Waals surface area contributed by atoms with Crippen LogP contribution in [-0.2, 0) is 4.79 Å². The van der Waals surface area contributed by atoms with E-state index in [-0.39, 0.29) is 12.4 Å². The Hall–Kier alpha value is -2.88. The maximum atomic E-state index is 12.4. The number of fused-ring (bicyclic) bond motifs is 1. The van der Waals surface area contributed by atoms with Gasteiger partial charge in [-0.05, 0) is 42.0 Å². The Morgan fingerprint density at radius 1 is 1.31 bits per heavy atom. The number of benzene rings is 2. The predicted molar refractivity (Wildman–Crippen MR) is 97.8 cm³/mol. The van der Waals surface area contributed by atoms with Gasteiger partial charge in [-0.1, -0.05) is 23.2 Å². The molecule has 0 fully saturated rings. The number of amides is 1. The van der Waals surface area contributed by atoms with Crippen molar-refractivity contribution in [2.75, 3.05) is 19.2 Å². The number of halogens is 2. The third kappa shape index (κ3) is 3.69. The molecule has 0 aliphatic carbocycles. The van der Waals surface area contributed by atoms with Crippen LogP contribution >= 0.6 is 23.2 Å². The number of ether oxygens (including phenoxy) is 3. The van der Waals surface area contributed by atoms with E-state index in [4.69, 9.17) is 37.4 Å². The van der Waals surface area contributed by atoms with Crippen LogP contribution in [0.25, 0.3) is 6.08 Å². The first-order valence-electron chi connectivity index (χ1n) is 7.37. The van der Waals surface area contributed by atoms with Crippen LogP contribution < -0.4 is 19.5 Å². The fraction of sp³-hybridized carbons (Fsp3) is 0.111. The van der Waals surface area contributed by atoms with Crippen LogP contribution in [0, 0.1) is 11.3 Å². The van der Waals surface area contributed by atoms with Crippen molar-refractivity contribution in [1.82, 2.24) is 0 Å². The van der Waals surface area contributed by atoms with Crippen molar-refractivity contribution in [2.24, 2.45) is 0 Å². The molecule has 1 amide bonds. The molecule has 0 spiro atoms. The van der Waals surface area contributed by atoms with Gasteiger partial charge in [0.1, 0.15) is 11.6 Å². The van der Waals surface area contributed by atoms with E-state index in [0.29, 0.717) is 38.5 Å². The van der Waals surface area contributed by atoms with Crippen LogP contribution in [0.5, 0.6) is 17.2 Å². The molecule has 26 heavy (non-hydrogen) atoms. The van der Waals surface area contributed by atoms with Crippen molar-refractivity contribution in [2.45, 2.75) is 0 Å². The van der Waals surface area contributed by atoms with Crippen molar-refractivity contribution in [3.8, 4) is 23.3 Å². The van der Waals surface area contributed by atoms with Crippen molar-refractivity contribution in [1.29, 1.82) is 5.26 Å². The van der Waals surface area contributed by atoms with E-state index in [1.54, 1.807) is 24.3 Å². The SMILES string of the molecule is COc1cc(/C=C(\C#N)C(=O)Nc2cc(Cl)ccc2Cl)cc2c1OCO2. The number of hydrogen-bond acceptors (Lipinski definition) is 5. The first-order chi connectivity index (χ1) is 12.5. The van der Waals surface area contributed by atoms with E-state index in [0.717, 1.165) is 0 Å². The molecule has 1 aliphatic heterocycles. The van der Waals surface area contributed by atoms with Gasteiger partial charge in [-0.3, -0.25) is 4.79 Å². The topological polar surface area (TPSA) is 80.6 Å². The molecule has 0 bridgehead atoms. The number of anilines is 1. The normalized spacial score (nSPS) is 12.5. The summed E-state index contributed by atoms with van der Waals surface area (Å²) in [6, 6.07) is 9.82. The van der Waals surface area contributed by atoms with Crippen LogP contribution in [-0.4, -0.2) is 19.8 Å². The van der Waals surface area contributed by atoms with Crippen molar-refractivity contribution in [3.63, 3.8) is 0 Å². The lowest BCUT2D eigenvalue weighted by Gasteiger charge is -2.08. The zero-order valence-corrected chi connectivity index (χ0v) is 15.0. The van der Waals surface area contributed by atoms with Crippen LogP contribution in [0.2, 0.25) is 10.0 Å². The van der Waals surface area contributed by atoms with E-state index in [9.17, 15) is 10.1 Å². The summed E-state index contributed by atoms with van der Waals surface area (Å²) < 4.78 is 15.9. The number of methoxy groups -OCH3 is 1. The van der Waals surface area contributed by atoms with Crippen LogP contribution in [0.3, 0.4) is 0 Å². The Bertz CT molecular complexity index is 951. The zero-order chi connectivity index (χ0) is 18.7. The molecule has 132 valence electrons. The number of carbonyl (C=O) groups excluding carboxylic acids is 1. The lowest BCUT2D eigenvalue weighted by Crippen LogP contribution is -2.13. The highest BCUT2D eigenvalue weighted by molar-refractivity contribution is 6.36. The van der Waals surface area contributed by atoms with Gasteiger partial charge in [-0.25, -0.2) is 0 Å². The summed E-state index contributed by atoms with van der Waals surface area (Å²) in [5.41, 5.74) is 0.741. The summed E-state index contributed by atoms with van der Waals surface area (Å²) in [4.78, 5) is 12.4. The third-order valence-corrected chi connectivity index (χ3v) is 4.10. The molecule has 8 heteroatoms. The second-order valence-corrected chi connectivity index (χ2v) is 6.05. The smallest absolute Gasteiger partial charge is 0.266 e. The van der Waals surface area contributed by atoms with Gasteiger partial charge in [0, 0.05) is 5.02 Å². The highest BCUT2D eigenvalue weighted by Gasteiger charge is 2.20. The van der Waals surface area contributed by atoms with E-state index in [2.05, 4.69) is 5.32 Å². The first-order valence-corrected chi connectivity index (χ1v) is 8.13. The van der Waals surface area contributed by atoms with Gasteiger partial charge in [0.15, 0.2) is 11.5 Å². The van der Waals surface area contributed by atoms with E-state index >= 15 is 0 Å². The van der Waals surface area contributed by atoms with Crippen molar-refractivity contribution in [3.05, 3.63) is 51.5 Å². The van der Waals surface area contributed by atoms with Crippen LogP contribution in [0.1, 0.15) is 5.56 Å². The molecule has 1 aliphatic rings. The number of nitrogens with one attached hydrogen (secondary N) is 1. The Balaban J connectivity index is 1.90. The van der Waals surface area contributed by atoms with Gasteiger partial charge in [0.2, 0.25) is 12.5 Å². The molecule has 2 aromatic carbocycles. The second-order valence-electron chi connectivity index (χ2n) is 5.21. The molecule has 0 saturated carbocycles. The van der Waals surface area contributed by atoms with E-state index < -0.39 is 5.91 Å². The number of rotatable bonds is 4. The molecule has 0 unspecified atom stereocenters. The van der Waals surface area contributed by atoms with Crippen molar-refractivity contribution >= 4 is 40.9 Å². The fourth-order valence-electron chi connectivity index (χ4n) is 2.33. The molecule has 6 nitrogen and oxygen atoms in total. The minimum atomic E-state index is -0.617. The van der Waals surface area contributed by atoms with Gasteiger partial charge in [-0.2, -0.15) is 5.26 Å². The van der Waals surface area contributed by atoms with E-state index in [1.165, 1.54) is 19.3 Å². The minimum absolute atomic E-state index is 0.0811. The second kappa shape index (κ2) is 7.56. The largest absolute Gasteiger partial charge is 0.493 e. The number of hydrogen-bond donors (Lipinski definition) is 1. The lowest BCUT2D eigenvalue weighted by atomic mass is 10.1. The van der Waals surface area contributed by atoms with Crippen LogP contribution in [0.15, 0.2) is 35.9 Å². The monoisotopic (exact) mass is 390 g/mol. The summed E-state index contributed by atoms with van der Waals surface area (Å²) in [5, 5.41) is 12.6. The standard InChI is InChI=1S/C18H12Cl2N2O4/c1-24-15-5-10(6-16-17(15)26-9-25-16)4-11(8-21)18(23)22-14-7-12(19)2-3-13(14)20/h2-7H,9H2,1H3,(H,22,23)/b11-4+. The molecule has 0 atom stereocenters. The minimum Gasteiger partial charge on any atom is -0.493 e. The zero-order valence-electron chi connectivity index (χ0n) is 13.5. The highest BCUT2D eigenvalue weighted by atomic mass is 35.5. The van der Waals surface area contributed by atoms with Gasteiger partial charge in [0.25, 0.3) is 5.91 Å². The quantitative estimate of drug-likeness (QED) is 0.622. The molecule has 1 heterocycles. The number of nitrogens with zero attached hydrogens (tertiary/aromatic N) is 1. The van der Waals surface area contributed by atoms with Crippen molar-refractivity contribution < 1.29 is 19.0 Å². The Morgan fingerprint density at radius 2 is 2.12 bits per heavy atom. The highest BCUT2D eigenvalue weighted by Crippen LogP contribution is 2.42. The number of carbonyl (C=O) groups is 1. The van der Waals surface area contributed by atoms with Gasteiger partial charge in [0.05, 0.1) is 17.8 Å². The molecule has 0 aromatic heterocycles. The summed E-state index contributed by atoms with van der Waals surface area (Å²) in [6.45, 7) is 0.0811. The lowest BCUT2D eigenvalue weighted by molar-refractivity contribution is -0.112. The predicted octanol–water partition coefficient (Wildman–Crippen LogP) is 4.28. The fourth-order valence-corrected chi connectivity index (χ4v) is 2.67. The van der Waals surface area contributed by atoms with Gasteiger partial charge in [-0.15, -0.1) is 0 Å². The summed E-state index contributed by atoms with van der Waals surface area (Å²) in [6.07, 6.45) is 1.41. The average molecular weight is 391 g/mol. The molecule has 2 aromatic rings. The molecule has 0 saturated heterocycles. The maximum Gasteiger partial charge on any atom is 0.266 e. The van der Waals surface area contributed by atoms with Gasteiger partial charge < -0.3 is 19.5 Å². The Labute approximate surface area is 159 Å². The van der Waals surface area contributed by atoms with Crippen LogP contribution in [0.4, 0.5) is 5.69 Å². The Kier molecular flexibility index (Phi) is 5.21. The maximum absolute atomic E-state index is 12.4. The average Bonchev–Trinajstić information content (AvgIpc) is 3.10. The van der Waals surface area contributed by atoms with Gasteiger partial charge >= 0.3 is 0 Å². The Morgan fingerprint density at radius 3 is 2.85 bits per heavy atom. The summed E-state index contributed by atoms with van der Waals surface area (Å²) in [7, 11) is 1.49. The molecule has 1 N–H and O–H groups in total.